The quantitative estimate of drug-likeness (QED) is 0.783. The third kappa shape index (κ3) is 3.49. The molecule has 1 atom stereocenters. The number of nitrogens with zero attached hydrogens (tertiary/aromatic N) is 2. The molecule has 3 aromatic rings. The number of carbonyl (C=O) groups is 1. The van der Waals surface area contributed by atoms with Crippen LogP contribution in [0, 0.1) is 6.92 Å². The monoisotopic (exact) mass is 339 g/mol. The highest BCUT2D eigenvalue weighted by molar-refractivity contribution is 6.30. The predicted molar refractivity (Wildman–Crippen MR) is 95.1 cm³/mol. The van der Waals surface area contributed by atoms with Crippen LogP contribution in [0.2, 0.25) is 5.02 Å². The second kappa shape index (κ2) is 6.89. The fraction of sp³-hybridized carbons (Fsp3) is 0.158. The number of carbonyl (C=O) groups excluding carboxylic acids is 1. The largest absolute Gasteiger partial charge is 0.338 e. The van der Waals surface area contributed by atoms with Crippen LogP contribution in [0.3, 0.4) is 0 Å². The van der Waals surface area contributed by atoms with Gasteiger partial charge in [0.25, 0.3) is 5.91 Å². The first-order chi connectivity index (χ1) is 11.5. The number of amides is 1. The summed E-state index contributed by atoms with van der Waals surface area (Å²) in [6.07, 6.45) is 3.57. The van der Waals surface area contributed by atoms with Gasteiger partial charge in [0, 0.05) is 30.0 Å². The second-order valence-corrected chi connectivity index (χ2v) is 6.16. The van der Waals surface area contributed by atoms with Gasteiger partial charge in [-0.05, 0) is 36.8 Å². The molecule has 3 rings (SSSR count). The van der Waals surface area contributed by atoms with E-state index >= 15 is 0 Å². The van der Waals surface area contributed by atoms with Crippen molar-refractivity contribution in [1.29, 1.82) is 0 Å². The highest BCUT2D eigenvalue weighted by Crippen LogP contribution is 2.23. The molecule has 5 heteroatoms. The lowest BCUT2D eigenvalue weighted by molar-refractivity contribution is 0.0941. The molecule has 2 aromatic carbocycles. The van der Waals surface area contributed by atoms with E-state index in [2.05, 4.69) is 10.3 Å². The molecule has 1 aromatic heterocycles. The molecule has 4 nitrogen and oxygen atoms in total. The third-order valence-electron chi connectivity index (χ3n) is 3.89. The fourth-order valence-electron chi connectivity index (χ4n) is 2.56. The molecule has 0 saturated heterocycles. The van der Waals surface area contributed by atoms with Crippen molar-refractivity contribution < 1.29 is 4.79 Å². The van der Waals surface area contributed by atoms with Crippen molar-refractivity contribution in [2.75, 3.05) is 0 Å². The molecule has 0 fully saturated rings. The minimum Gasteiger partial charge on any atom is -0.338 e. The first-order valence-corrected chi connectivity index (χ1v) is 8.02. The van der Waals surface area contributed by atoms with Gasteiger partial charge in [0.15, 0.2) is 0 Å². The highest BCUT2D eigenvalue weighted by atomic mass is 35.5. The van der Waals surface area contributed by atoms with Crippen LogP contribution in [0.15, 0.2) is 60.9 Å². The predicted octanol–water partition coefficient (Wildman–Crippen LogP) is 3.90. The number of hydrogen-bond donors (Lipinski definition) is 1. The van der Waals surface area contributed by atoms with Gasteiger partial charge in [-0.2, -0.15) is 0 Å². The second-order valence-electron chi connectivity index (χ2n) is 5.72. The van der Waals surface area contributed by atoms with Crippen molar-refractivity contribution in [2.45, 2.75) is 13.0 Å². The van der Waals surface area contributed by atoms with Crippen molar-refractivity contribution in [2.24, 2.45) is 7.05 Å². The number of nitrogens with one attached hydrogen (secondary N) is 1. The van der Waals surface area contributed by atoms with E-state index in [0.717, 1.165) is 17.0 Å². The zero-order valence-corrected chi connectivity index (χ0v) is 14.3. The van der Waals surface area contributed by atoms with Crippen molar-refractivity contribution in [3.63, 3.8) is 0 Å². The fourth-order valence-corrected chi connectivity index (χ4v) is 2.76. The topological polar surface area (TPSA) is 46.9 Å². The van der Waals surface area contributed by atoms with Crippen molar-refractivity contribution in [1.82, 2.24) is 14.9 Å². The number of halogens is 1. The molecule has 0 spiro atoms. The summed E-state index contributed by atoms with van der Waals surface area (Å²) in [5.74, 6) is 0.598. The van der Waals surface area contributed by atoms with E-state index in [1.807, 2.05) is 73.3 Å². The van der Waals surface area contributed by atoms with E-state index < -0.39 is 0 Å². The molecule has 0 saturated carbocycles. The summed E-state index contributed by atoms with van der Waals surface area (Å²) in [7, 11) is 1.90. The minimum atomic E-state index is -0.377. The maximum Gasteiger partial charge on any atom is 0.252 e. The molecule has 24 heavy (non-hydrogen) atoms. The van der Waals surface area contributed by atoms with Gasteiger partial charge in [-0.15, -0.1) is 0 Å². The van der Waals surface area contributed by atoms with E-state index in [1.165, 1.54) is 0 Å². The molecule has 1 N–H and O–H groups in total. The smallest absolute Gasteiger partial charge is 0.252 e. The standard InChI is InChI=1S/C19H18ClN3O/c1-13-6-8-14(9-7-13)19(24)22-17(18-21-10-11-23(18)2)15-4-3-5-16(20)12-15/h3-12,17H,1-2H3,(H,22,24). The Kier molecular flexibility index (Phi) is 4.67. The van der Waals surface area contributed by atoms with Crippen molar-refractivity contribution >= 4 is 17.5 Å². The van der Waals surface area contributed by atoms with Crippen LogP contribution in [0.25, 0.3) is 0 Å². The Balaban J connectivity index is 1.95. The van der Waals surface area contributed by atoms with Gasteiger partial charge >= 0.3 is 0 Å². The van der Waals surface area contributed by atoms with Gasteiger partial charge in [-0.1, -0.05) is 41.4 Å². The minimum absolute atomic E-state index is 0.150. The molecular weight excluding hydrogens is 322 g/mol. The Hall–Kier alpha value is -2.59. The lowest BCUT2D eigenvalue weighted by Crippen LogP contribution is -2.31. The van der Waals surface area contributed by atoms with E-state index in [9.17, 15) is 4.79 Å². The molecule has 122 valence electrons. The maximum absolute atomic E-state index is 12.6. The summed E-state index contributed by atoms with van der Waals surface area (Å²) in [5, 5.41) is 3.68. The third-order valence-corrected chi connectivity index (χ3v) is 4.12. The maximum atomic E-state index is 12.6. The van der Waals surface area contributed by atoms with Crippen LogP contribution in [-0.4, -0.2) is 15.5 Å². The average molecular weight is 340 g/mol. The van der Waals surface area contributed by atoms with Crippen molar-refractivity contribution in [3.8, 4) is 0 Å². The first-order valence-electron chi connectivity index (χ1n) is 7.65. The summed E-state index contributed by atoms with van der Waals surface area (Å²) in [4.78, 5) is 17.0. The van der Waals surface area contributed by atoms with Gasteiger partial charge in [0.2, 0.25) is 0 Å². The van der Waals surface area contributed by atoms with E-state index in [0.29, 0.717) is 10.6 Å². The van der Waals surface area contributed by atoms with Gasteiger partial charge in [-0.3, -0.25) is 4.79 Å². The van der Waals surface area contributed by atoms with Gasteiger partial charge in [-0.25, -0.2) is 4.98 Å². The molecule has 0 bridgehead atoms. The summed E-state index contributed by atoms with van der Waals surface area (Å²) in [6.45, 7) is 1.99. The normalized spacial score (nSPS) is 12.0. The Morgan fingerprint density at radius 1 is 1.21 bits per heavy atom. The van der Waals surface area contributed by atoms with Crippen LogP contribution in [-0.2, 0) is 7.05 Å². The van der Waals surface area contributed by atoms with Crippen LogP contribution < -0.4 is 5.32 Å². The Morgan fingerprint density at radius 3 is 2.58 bits per heavy atom. The lowest BCUT2D eigenvalue weighted by atomic mass is 10.0. The van der Waals surface area contributed by atoms with Gasteiger partial charge < -0.3 is 9.88 Å². The van der Waals surface area contributed by atoms with Crippen LogP contribution in [0.1, 0.15) is 33.4 Å². The summed E-state index contributed by atoms with van der Waals surface area (Å²) >= 11 is 6.12. The van der Waals surface area contributed by atoms with Crippen molar-refractivity contribution in [3.05, 3.63) is 88.5 Å². The number of rotatable bonds is 4. The first kappa shape index (κ1) is 16.3. The van der Waals surface area contributed by atoms with Gasteiger partial charge in [0.05, 0.1) is 0 Å². The molecular formula is C19H18ClN3O. The molecule has 1 unspecified atom stereocenters. The van der Waals surface area contributed by atoms with Crippen LogP contribution in [0.5, 0.6) is 0 Å². The summed E-state index contributed by atoms with van der Waals surface area (Å²) in [5.41, 5.74) is 2.61. The van der Waals surface area contributed by atoms with E-state index in [1.54, 1.807) is 6.20 Å². The lowest BCUT2D eigenvalue weighted by Gasteiger charge is -2.19. The zero-order valence-electron chi connectivity index (χ0n) is 13.5. The van der Waals surface area contributed by atoms with Crippen LogP contribution >= 0.6 is 11.6 Å². The van der Waals surface area contributed by atoms with E-state index in [-0.39, 0.29) is 11.9 Å². The van der Waals surface area contributed by atoms with Crippen LogP contribution in [0.4, 0.5) is 0 Å². The van der Waals surface area contributed by atoms with Gasteiger partial charge in [0.1, 0.15) is 11.9 Å². The summed E-state index contributed by atoms with van der Waals surface area (Å²) in [6, 6.07) is 14.5. The molecule has 0 aliphatic carbocycles. The molecule has 0 radical (unpaired) electrons. The zero-order chi connectivity index (χ0) is 17.1. The molecule has 0 aliphatic heterocycles. The number of benzene rings is 2. The molecule has 0 aliphatic rings. The Bertz CT molecular complexity index is 855. The highest BCUT2D eigenvalue weighted by Gasteiger charge is 2.21. The summed E-state index contributed by atoms with van der Waals surface area (Å²) < 4.78 is 1.89. The number of aryl methyl sites for hydroxylation is 2. The SMILES string of the molecule is Cc1ccc(C(=O)NC(c2cccc(Cl)c2)c2nccn2C)cc1. The Morgan fingerprint density at radius 2 is 1.96 bits per heavy atom. The Labute approximate surface area is 146 Å². The van der Waals surface area contributed by atoms with E-state index in [4.69, 9.17) is 11.6 Å². The molecule has 1 heterocycles. The molecule has 1 amide bonds. The number of aromatic nitrogens is 2. The number of hydrogen-bond acceptors (Lipinski definition) is 2. The number of imidazole rings is 1. The average Bonchev–Trinajstić information content (AvgIpc) is 2.99.